The summed E-state index contributed by atoms with van der Waals surface area (Å²) in [7, 11) is 1.71. The number of alkyl carbamates (subject to hydrolysis) is 1. The van der Waals surface area contributed by atoms with Crippen LogP contribution >= 0.6 is 0 Å². The van der Waals surface area contributed by atoms with E-state index in [2.05, 4.69) is 41.9 Å². The van der Waals surface area contributed by atoms with Gasteiger partial charge in [-0.1, -0.05) is 30.3 Å². The summed E-state index contributed by atoms with van der Waals surface area (Å²) in [5, 5.41) is 15.1. The van der Waals surface area contributed by atoms with Crippen molar-refractivity contribution < 1.29 is 83.6 Å². The fraction of sp³-hybridized carbons (Fsp3) is 0.491. The largest absolute Gasteiger partial charge is 0.484 e. The van der Waals surface area contributed by atoms with E-state index in [-0.39, 0.29) is 77.9 Å². The molecule has 3 aromatic carbocycles. The van der Waals surface area contributed by atoms with Crippen molar-refractivity contribution in [2.24, 2.45) is 0 Å². The molecule has 0 unspecified atom stereocenters. The Morgan fingerprint density at radius 1 is 0.576 bits per heavy atom. The molecule has 85 heavy (non-hydrogen) atoms. The topological polar surface area (TPSA) is 270 Å². The first kappa shape index (κ1) is 65.7. The van der Waals surface area contributed by atoms with E-state index in [0.717, 1.165) is 18.0 Å². The molecule has 0 aliphatic carbocycles. The zero-order valence-corrected chi connectivity index (χ0v) is 48.1. The number of likely N-dealkylation sites (tertiary alicyclic amines) is 2. The SMILES string of the molecule is CNCCCCC(=O)Nc1cc(C(F)(F)F)cc(NC(=O)c2cc(C(=O)Nc3cc(C(F)(F)F)cc(NC(=O)CCCCNC(=O)OCc4ccccc4)c3O[C@@H]3CCN(C(=O)OC(C)(C)C)C3)ncn2)c1O[C@@H]1CCN(C(=O)OC(C)(C)C)C1. The van der Waals surface area contributed by atoms with Crippen molar-refractivity contribution in [1.82, 2.24) is 30.4 Å². The summed E-state index contributed by atoms with van der Waals surface area (Å²) in [6.07, 6.45) is -12.1. The fourth-order valence-electron chi connectivity index (χ4n) is 8.54. The van der Waals surface area contributed by atoms with E-state index in [4.69, 9.17) is 23.7 Å². The van der Waals surface area contributed by atoms with Crippen molar-refractivity contribution in [3.63, 3.8) is 0 Å². The number of rotatable bonds is 22. The summed E-state index contributed by atoms with van der Waals surface area (Å²) < 4.78 is 117. The number of amides is 7. The van der Waals surface area contributed by atoms with E-state index >= 15 is 0 Å². The number of hydrogen-bond acceptors (Lipinski definition) is 15. The maximum Gasteiger partial charge on any atom is 0.416 e. The molecule has 6 N–H and O–H groups in total. The highest BCUT2D eigenvalue weighted by Gasteiger charge is 2.38. The molecule has 6 rings (SSSR count). The average molecular weight is 1200 g/mol. The quantitative estimate of drug-likeness (QED) is 0.0243. The van der Waals surface area contributed by atoms with Crippen LogP contribution in [0.2, 0.25) is 0 Å². The van der Waals surface area contributed by atoms with Gasteiger partial charge in [-0.2, -0.15) is 26.3 Å². The van der Waals surface area contributed by atoms with Gasteiger partial charge in [0.2, 0.25) is 11.8 Å². The highest BCUT2D eigenvalue weighted by molar-refractivity contribution is 6.09. The minimum Gasteiger partial charge on any atom is -0.484 e. The van der Waals surface area contributed by atoms with E-state index in [1.807, 2.05) is 6.07 Å². The van der Waals surface area contributed by atoms with Gasteiger partial charge in [0.05, 0.1) is 47.0 Å². The Morgan fingerprint density at radius 2 is 1.00 bits per heavy atom. The van der Waals surface area contributed by atoms with Gasteiger partial charge in [0.1, 0.15) is 47.7 Å². The standard InChI is InChI=1S/C57H70F6N10O12/c1-54(2,3)84-52(79)72-23-19-37(30-72)82-47-39(68-45(74)17-11-13-21-64-7)25-35(56(58,59)60)27-41(47)70-49(76)43-29-44(67-33-66-43)50(77)71-42-28-36(57(61,62)63)26-40(48(42)83-38-20-24-73(31-38)53(80)85-55(4,5)6)69-46(75)18-12-14-22-65-51(78)81-32-34-15-9-8-10-16-34/h8-10,15-16,25-29,33,37-38,64H,11-14,17-24,30-32H2,1-7H3,(H,65,78)(H,68,74)(H,69,75)(H,70,76)(H,71,77)/t37-,38-/m1/s1. The minimum atomic E-state index is -5.09. The maximum atomic E-state index is 14.7. The molecule has 4 aromatic rings. The molecule has 2 aliphatic rings. The summed E-state index contributed by atoms with van der Waals surface area (Å²) >= 11 is 0. The van der Waals surface area contributed by atoms with Crippen LogP contribution in [0.1, 0.15) is 131 Å². The lowest BCUT2D eigenvalue weighted by molar-refractivity contribution is -0.138. The number of hydrogen-bond donors (Lipinski definition) is 6. The summed E-state index contributed by atoms with van der Waals surface area (Å²) in [5.74, 6) is -4.84. The molecule has 2 aliphatic heterocycles. The maximum absolute atomic E-state index is 14.7. The predicted molar refractivity (Wildman–Crippen MR) is 298 cm³/mol. The van der Waals surface area contributed by atoms with Crippen molar-refractivity contribution in [2.45, 2.75) is 135 Å². The second-order valence-corrected chi connectivity index (χ2v) is 22.0. The van der Waals surface area contributed by atoms with Crippen LogP contribution in [-0.4, -0.2) is 131 Å². The van der Waals surface area contributed by atoms with E-state index in [1.54, 1.807) is 72.9 Å². The first-order valence-electron chi connectivity index (χ1n) is 27.4. The molecule has 3 heterocycles. The fourth-order valence-corrected chi connectivity index (χ4v) is 8.54. The molecule has 0 saturated carbocycles. The van der Waals surface area contributed by atoms with Gasteiger partial charge in [0, 0.05) is 51.4 Å². The molecule has 22 nitrogen and oxygen atoms in total. The van der Waals surface area contributed by atoms with Crippen LogP contribution in [0.5, 0.6) is 11.5 Å². The molecule has 28 heteroatoms. The van der Waals surface area contributed by atoms with Gasteiger partial charge in [0.15, 0.2) is 11.5 Å². The molecular weight excluding hydrogens is 1130 g/mol. The Balaban J connectivity index is 1.27. The van der Waals surface area contributed by atoms with Gasteiger partial charge >= 0.3 is 30.6 Å². The third-order valence-electron chi connectivity index (χ3n) is 12.6. The number of ether oxygens (including phenoxy) is 5. The molecule has 2 fully saturated rings. The highest BCUT2D eigenvalue weighted by atomic mass is 19.4. The third-order valence-corrected chi connectivity index (χ3v) is 12.6. The van der Waals surface area contributed by atoms with Gasteiger partial charge in [0.25, 0.3) is 11.8 Å². The lowest BCUT2D eigenvalue weighted by Crippen LogP contribution is -2.36. The van der Waals surface area contributed by atoms with Gasteiger partial charge in [-0.3, -0.25) is 19.2 Å². The first-order chi connectivity index (χ1) is 39.9. The van der Waals surface area contributed by atoms with Gasteiger partial charge in [-0.15, -0.1) is 0 Å². The van der Waals surface area contributed by atoms with E-state index < -0.39 is 134 Å². The van der Waals surface area contributed by atoms with Crippen molar-refractivity contribution in [3.05, 3.63) is 95.1 Å². The number of carbonyl (C=O) groups excluding carboxylic acids is 7. The summed E-state index contributed by atoms with van der Waals surface area (Å²) in [4.78, 5) is 104. The summed E-state index contributed by atoms with van der Waals surface area (Å²) in [6.45, 7) is 10.6. The monoisotopic (exact) mass is 1200 g/mol. The Bertz CT molecular complexity index is 3030. The molecule has 2 atom stereocenters. The number of aromatic nitrogens is 2. The number of unbranched alkanes of at least 4 members (excludes halogenated alkanes) is 2. The normalized spacial score (nSPS) is 15.4. The van der Waals surface area contributed by atoms with Crippen LogP contribution in [0.4, 0.5) is 63.5 Å². The van der Waals surface area contributed by atoms with E-state index in [9.17, 15) is 59.9 Å². The third kappa shape index (κ3) is 20.7. The van der Waals surface area contributed by atoms with Gasteiger partial charge in [-0.25, -0.2) is 24.4 Å². The molecule has 2 saturated heterocycles. The first-order valence-corrected chi connectivity index (χ1v) is 27.4. The summed E-state index contributed by atoms with van der Waals surface area (Å²) in [6, 6.07) is 12.0. The Kier molecular flexibility index (Phi) is 22.3. The second-order valence-electron chi connectivity index (χ2n) is 22.0. The molecule has 7 amide bonds. The van der Waals surface area contributed by atoms with Crippen LogP contribution in [-0.2, 0) is 42.8 Å². The number of anilines is 4. The molecule has 1 aromatic heterocycles. The molecule has 462 valence electrons. The van der Waals surface area contributed by atoms with Crippen molar-refractivity contribution in [2.75, 3.05) is 67.6 Å². The number of nitrogens with zero attached hydrogens (tertiary/aromatic N) is 4. The zero-order chi connectivity index (χ0) is 62.3. The van der Waals surface area contributed by atoms with E-state index in [0.29, 0.717) is 43.7 Å². The average Bonchev–Trinajstić information content (AvgIpc) is 2.55. The van der Waals surface area contributed by atoms with Crippen molar-refractivity contribution >= 4 is 64.7 Å². The van der Waals surface area contributed by atoms with Gasteiger partial charge in [-0.05, 0) is 111 Å². The number of benzene rings is 3. The number of halogens is 6. The van der Waals surface area contributed by atoms with Crippen molar-refractivity contribution in [1.29, 1.82) is 0 Å². The van der Waals surface area contributed by atoms with Crippen LogP contribution < -0.4 is 41.4 Å². The molecule has 0 radical (unpaired) electrons. The molecule has 0 spiro atoms. The number of alkyl halides is 6. The lowest BCUT2D eigenvalue weighted by atomic mass is 10.1. The van der Waals surface area contributed by atoms with E-state index in [1.165, 1.54) is 9.80 Å². The lowest BCUT2D eigenvalue weighted by Gasteiger charge is -2.25. The van der Waals surface area contributed by atoms with Crippen LogP contribution in [0, 0.1) is 0 Å². The second kappa shape index (κ2) is 28.9. The highest BCUT2D eigenvalue weighted by Crippen LogP contribution is 2.44. The molecule has 0 bridgehead atoms. The number of nitrogens with one attached hydrogen (secondary N) is 6. The van der Waals surface area contributed by atoms with Gasteiger partial charge < -0.3 is 65.4 Å². The Labute approximate surface area is 486 Å². The van der Waals surface area contributed by atoms with Crippen LogP contribution in [0.3, 0.4) is 0 Å². The summed E-state index contributed by atoms with van der Waals surface area (Å²) in [5.41, 5.74) is -7.21. The predicted octanol–water partition coefficient (Wildman–Crippen LogP) is 10.2. The molecular formula is C57H70F6N10O12. The zero-order valence-electron chi connectivity index (χ0n) is 48.1. The van der Waals surface area contributed by atoms with Crippen LogP contribution in [0.15, 0.2) is 67.0 Å². The number of carbonyl (C=O) groups is 7. The Hall–Kier alpha value is -8.43. The minimum absolute atomic E-state index is 0.0182. The van der Waals surface area contributed by atoms with Crippen LogP contribution in [0.25, 0.3) is 0 Å². The smallest absolute Gasteiger partial charge is 0.416 e. The van der Waals surface area contributed by atoms with Crippen molar-refractivity contribution in [3.8, 4) is 11.5 Å². The Morgan fingerprint density at radius 3 is 1.41 bits per heavy atom.